The maximum Gasteiger partial charge on any atom is 0.101 e. The Hall–Kier alpha value is -1.06. The van der Waals surface area contributed by atoms with Gasteiger partial charge < -0.3 is 0 Å². The third-order valence-corrected chi connectivity index (χ3v) is 2.57. The van der Waals surface area contributed by atoms with Gasteiger partial charge in [0.25, 0.3) is 0 Å². The van der Waals surface area contributed by atoms with Crippen molar-refractivity contribution in [3.8, 4) is 5.69 Å². The number of aromatic nitrogens is 3. The Morgan fingerprint density at radius 3 is 2.40 bits per heavy atom. The van der Waals surface area contributed by atoms with Crippen LogP contribution >= 0.6 is 23.2 Å². The molecule has 0 fully saturated rings. The largest absolute Gasteiger partial charge is 0.153 e. The Labute approximate surface area is 97.6 Å². The highest BCUT2D eigenvalue weighted by molar-refractivity contribution is 6.30. The van der Waals surface area contributed by atoms with Gasteiger partial charge in [0, 0.05) is 5.02 Å². The monoisotopic (exact) mass is 241 g/mol. The Morgan fingerprint density at radius 2 is 1.87 bits per heavy atom. The van der Waals surface area contributed by atoms with E-state index in [1.54, 1.807) is 16.9 Å². The fraction of sp³-hybridized carbons (Fsp3) is 0.200. The summed E-state index contributed by atoms with van der Waals surface area (Å²) in [5.74, 6) is 0.374. The minimum Gasteiger partial charge on any atom is -0.153 e. The summed E-state index contributed by atoms with van der Waals surface area (Å²) >= 11 is 11.5. The van der Waals surface area contributed by atoms with Gasteiger partial charge in [-0.25, -0.2) is 0 Å². The van der Waals surface area contributed by atoms with Crippen LogP contribution in [0.15, 0.2) is 24.3 Å². The van der Waals surface area contributed by atoms with E-state index in [0.717, 1.165) is 17.1 Å². The van der Waals surface area contributed by atoms with E-state index < -0.39 is 0 Å². The molecule has 0 unspecified atom stereocenters. The molecule has 1 aromatic carbocycles. The Kier molecular flexibility index (Phi) is 2.93. The summed E-state index contributed by atoms with van der Waals surface area (Å²) in [5, 5.41) is 9.21. The van der Waals surface area contributed by atoms with Crippen molar-refractivity contribution in [1.29, 1.82) is 0 Å². The molecule has 15 heavy (non-hydrogen) atoms. The molecule has 5 heteroatoms. The van der Waals surface area contributed by atoms with Crippen LogP contribution in [0.5, 0.6) is 0 Å². The first kappa shape index (κ1) is 10.5. The van der Waals surface area contributed by atoms with Crippen molar-refractivity contribution in [1.82, 2.24) is 15.0 Å². The molecule has 3 nitrogen and oxygen atoms in total. The van der Waals surface area contributed by atoms with Gasteiger partial charge in [-0.1, -0.05) is 11.6 Å². The fourth-order valence-corrected chi connectivity index (χ4v) is 1.60. The van der Waals surface area contributed by atoms with Crippen LogP contribution in [0.25, 0.3) is 5.69 Å². The molecule has 78 valence electrons. The van der Waals surface area contributed by atoms with Gasteiger partial charge in [0.1, 0.15) is 5.69 Å². The van der Waals surface area contributed by atoms with Crippen LogP contribution in [-0.2, 0) is 5.88 Å². The molecule has 0 aliphatic carbocycles. The molecule has 0 spiro atoms. The van der Waals surface area contributed by atoms with Gasteiger partial charge in [0.05, 0.1) is 17.3 Å². The number of halogens is 2. The van der Waals surface area contributed by atoms with Gasteiger partial charge in [-0.2, -0.15) is 15.0 Å². The van der Waals surface area contributed by atoms with Crippen molar-refractivity contribution in [2.24, 2.45) is 0 Å². The molecule has 0 N–H and O–H groups in total. The van der Waals surface area contributed by atoms with Crippen LogP contribution in [0.4, 0.5) is 0 Å². The molecule has 2 rings (SSSR count). The fourth-order valence-electron chi connectivity index (χ4n) is 1.22. The first-order chi connectivity index (χ1) is 7.20. The van der Waals surface area contributed by atoms with Crippen molar-refractivity contribution in [2.75, 3.05) is 0 Å². The second-order valence-corrected chi connectivity index (χ2v) is 3.84. The van der Waals surface area contributed by atoms with Gasteiger partial charge in [0.15, 0.2) is 0 Å². The molecule has 0 saturated carbocycles. The summed E-state index contributed by atoms with van der Waals surface area (Å²) in [6.07, 6.45) is 0. The third-order valence-electron chi connectivity index (χ3n) is 2.06. The number of benzene rings is 1. The summed E-state index contributed by atoms with van der Waals surface area (Å²) in [6.45, 7) is 1.89. The van der Waals surface area contributed by atoms with E-state index in [4.69, 9.17) is 23.2 Å². The molecule has 1 aromatic heterocycles. The lowest BCUT2D eigenvalue weighted by molar-refractivity contribution is 0.740. The Morgan fingerprint density at radius 1 is 1.20 bits per heavy atom. The molecule has 1 heterocycles. The van der Waals surface area contributed by atoms with E-state index in [1.165, 1.54) is 0 Å². The standard InChI is InChI=1S/C10H9Cl2N3/c1-7-10(6-11)14-15(13-7)9-4-2-8(12)3-5-9/h2-5H,6H2,1H3. The zero-order chi connectivity index (χ0) is 10.8. The Bertz CT molecular complexity index is 462. The average Bonchev–Trinajstić information content (AvgIpc) is 2.61. The predicted octanol–water partition coefficient (Wildman–Crippen LogP) is 2.97. The molecule has 0 radical (unpaired) electrons. The van der Waals surface area contributed by atoms with Crippen LogP contribution in [0.2, 0.25) is 5.02 Å². The summed E-state index contributed by atoms with van der Waals surface area (Å²) in [4.78, 5) is 1.56. The highest BCUT2D eigenvalue weighted by Gasteiger charge is 2.06. The number of hydrogen-bond acceptors (Lipinski definition) is 2. The number of nitrogens with zero attached hydrogens (tertiary/aromatic N) is 3. The number of hydrogen-bond donors (Lipinski definition) is 0. The van der Waals surface area contributed by atoms with Gasteiger partial charge in [-0.15, -0.1) is 11.6 Å². The van der Waals surface area contributed by atoms with Crippen LogP contribution in [0.1, 0.15) is 11.4 Å². The highest BCUT2D eigenvalue weighted by Crippen LogP contribution is 2.13. The van der Waals surface area contributed by atoms with Gasteiger partial charge >= 0.3 is 0 Å². The SMILES string of the molecule is Cc1nn(-c2ccc(Cl)cc2)nc1CCl. The van der Waals surface area contributed by atoms with E-state index in [1.807, 2.05) is 19.1 Å². The first-order valence-electron chi connectivity index (χ1n) is 4.45. The van der Waals surface area contributed by atoms with E-state index in [-0.39, 0.29) is 0 Å². The van der Waals surface area contributed by atoms with E-state index in [0.29, 0.717) is 10.9 Å². The Balaban J connectivity index is 2.41. The van der Waals surface area contributed by atoms with Crippen molar-refractivity contribution >= 4 is 23.2 Å². The van der Waals surface area contributed by atoms with E-state index in [9.17, 15) is 0 Å². The smallest absolute Gasteiger partial charge is 0.101 e. The maximum absolute atomic E-state index is 5.79. The summed E-state index contributed by atoms with van der Waals surface area (Å²) < 4.78 is 0. The molecule has 0 amide bonds. The molecular weight excluding hydrogens is 233 g/mol. The minimum absolute atomic E-state index is 0.374. The zero-order valence-electron chi connectivity index (χ0n) is 8.11. The molecule has 0 saturated heterocycles. The van der Waals surface area contributed by atoms with Crippen LogP contribution in [0.3, 0.4) is 0 Å². The quantitative estimate of drug-likeness (QED) is 0.758. The lowest BCUT2D eigenvalue weighted by Crippen LogP contribution is -1.98. The van der Waals surface area contributed by atoms with Gasteiger partial charge in [0.2, 0.25) is 0 Å². The topological polar surface area (TPSA) is 30.7 Å². The molecule has 0 aliphatic rings. The van der Waals surface area contributed by atoms with Crippen LogP contribution < -0.4 is 0 Å². The van der Waals surface area contributed by atoms with Crippen LogP contribution in [-0.4, -0.2) is 15.0 Å². The second-order valence-electron chi connectivity index (χ2n) is 3.13. The maximum atomic E-state index is 5.79. The number of aryl methyl sites for hydroxylation is 1. The minimum atomic E-state index is 0.374. The highest BCUT2D eigenvalue weighted by atomic mass is 35.5. The zero-order valence-corrected chi connectivity index (χ0v) is 9.63. The van der Waals surface area contributed by atoms with E-state index >= 15 is 0 Å². The number of rotatable bonds is 2. The number of alkyl halides is 1. The second kappa shape index (κ2) is 4.21. The summed E-state index contributed by atoms with van der Waals surface area (Å²) in [6, 6.07) is 7.32. The van der Waals surface area contributed by atoms with E-state index in [2.05, 4.69) is 10.2 Å². The van der Waals surface area contributed by atoms with Gasteiger partial charge in [-0.05, 0) is 31.2 Å². The summed E-state index contributed by atoms with van der Waals surface area (Å²) in [7, 11) is 0. The average molecular weight is 242 g/mol. The van der Waals surface area contributed by atoms with Crippen molar-refractivity contribution in [3.63, 3.8) is 0 Å². The van der Waals surface area contributed by atoms with Crippen molar-refractivity contribution in [3.05, 3.63) is 40.7 Å². The molecule has 2 aromatic rings. The molecular formula is C10H9Cl2N3. The normalized spacial score (nSPS) is 10.6. The lowest BCUT2D eigenvalue weighted by atomic mass is 10.3. The third kappa shape index (κ3) is 2.13. The van der Waals surface area contributed by atoms with Crippen LogP contribution in [0, 0.1) is 6.92 Å². The summed E-state index contributed by atoms with van der Waals surface area (Å²) in [5.41, 5.74) is 2.52. The predicted molar refractivity (Wildman–Crippen MR) is 60.7 cm³/mol. The van der Waals surface area contributed by atoms with Gasteiger partial charge in [-0.3, -0.25) is 0 Å². The molecule has 0 bridgehead atoms. The van der Waals surface area contributed by atoms with Crippen molar-refractivity contribution in [2.45, 2.75) is 12.8 Å². The molecule has 0 aliphatic heterocycles. The molecule has 0 atom stereocenters. The first-order valence-corrected chi connectivity index (χ1v) is 5.36. The van der Waals surface area contributed by atoms with Crippen molar-refractivity contribution < 1.29 is 0 Å². The lowest BCUT2D eigenvalue weighted by Gasteiger charge is -1.98.